The van der Waals surface area contributed by atoms with Crippen LogP contribution < -0.4 is 0 Å². The first-order valence-corrected chi connectivity index (χ1v) is 16.7. The highest BCUT2D eigenvalue weighted by Crippen LogP contribution is 2.52. The minimum atomic E-state index is -4.66. The number of alkyl halides is 3. The SMILES string of the molecule is C=S(=O)(c1cn(C)nn1)N(CC1CC1)[C@H]1CCC2=Cc3c(cnn3-c3ccc(F)cc3)C[C@]2(C(=O)c2cc(C(F)(F)F)ccn2)C1. The summed E-state index contributed by atoms with van der Waals surface area (Å²) in [6, 6.07) is 7.13. The number of carbonyl (C=O) groups is 1. The van der Waals surface area contributed by atoms with E-state index in [9.17, 15) is 26.6 Å². The van der Waals surface area contributed by atoms with Crippen molar-refractivity contribution in [1.29, 1.82) is 0 Å². The molecule has 3 aliphatic rings. The Morgan fingerprint density at radius 1 is 1.17 bits per heavy atom. The summed E-state index contributed by atoms with van der Waals surface area (Å²) in [6.07, 6.45) is 4.71. The number of aromatic nitrogens is 6. The molecule has 0 N–H and O–H groups in total. The maximum absolute atomic E-state index is 14.6. The molecular formula is C32H31F4N7O2S. The second-order valence-corrected chi connectivity index (χ2v) is 14.6. The molecule has 0 saturated heterocycles. The molecule has 9 nitrogen and oxygen atoms in total. The fraction of sp³-hybridized carbons (Fsp3) is 0.375. The van der Waals surface area contributed by atoms with Crippen LogP contribution in [0.3, 0.4) is 0 Å². The zero-order chi connectivity index (χ0) is 32.4. The normalized spacial score (nSPS) is 22.6. The first-order valence-electron chi connectivity index (χ1n) is 15.0. The Kier molecular flexibility index (Phi) is 7.27. The molecule has 3 atom stereocenters. The Hall–Kier alpha value is -4.17. The van der Waals surface area contributed by atoms with Crippen LogP contribution in [0.1, 0.15) is 59.4 Å². The Labute approximate surface area is 263 Å². The summed E-state index contributed by atoms with van der Waals surface area (Å²) in [4.78, 5) is 18.7. The van der Waals surface area contributed by atoms with Gasteiger partial charge in [0.05, 0.1) is 44.5 Å². The predicted octanol–water partition coefficient (Wildman–Crippen LogP) is 5.32. The van der Waals surface area contributed by atoms with E-state index in [0.717, 1.165) is 42.4 Å². The molecule has 0 spiro atoms. The number of ketones is 1. The molecule has 0 amide bonds. The number of hydrogen-bond acceptors (Lipinski definition) is 6. The second kappa shape index (κ2) is 11.0. The Bertz CT molecular complexity index is 1960. The van der Waals surface area contributed by atoms with Crippen LogP contribution in [0.25, 0.3) is 11.8 Å². The Morgan fingerprint density at radius 2 is 1.93 bits per heavy atom. The minimum Gasteiger partial charge on any atom is -0.291 e. The maximum Gasteiger partial charge on any atom is 0.416 e. The van der Waals surface area contributed by atoms with E-state index in [4.69, 9.17) is 0 Å². The van der Waals surface area contributed by atoms with E-state index in [-0.39, 0.29) is 29.4 Å². The molecule has 0 aliphatic heterocycles. The van der Waals surface area contributed by atoms with Crippen molar-refractivity contribution in [2.75, 3.05) is 6.54 Å². The predicted molar refractivity (Wildman–Crippen MR) is 163 cm³/mol. The molecule has 4 aromatic rings. The van der Waals surface area contributed by atoms with E-state index in [1.54, 1.807) is 36.3 Å². The van der Waals surface area contributed by atoms with Crippen molar-refractivity contribution in [3.63, 3.8) is 0 Å². The fourth-order valence-corrected chi connectivity index (χ4v) is 8.59. The molecule has 3 aromatic heterocycles. The number of nitrogens with zero attached hydrogens (tertiary/aromatic N) is 7. The number of allylic oxidation sites excluding steroid dienone is 1. The van der Waals surface area contributed by atoms with Gasteiger partial charge in [0.15, 0.2) is 10.8 Å². The average molecular weight is 654 g/mol. The monoisotopic (exact) mass is 653 g/mol. The molecule has 2 fully saturated rings. The number of benzene rings is 1. The van der Waals surface area contributed by atoms with Gasteiger partial charge in [-0.05, 0) is 98.4 Å². The quantitative estimate of drug-likeness (QED) is 0.145. The van der Waals surface area contributed by atoms with Crippen LogP contribution in [0, 0.1) is 17.2 Å². The molecule has 3 aliphatic carbocycles. The van der Waals surface area contributed by atoms with E-state index >= 15 is 0 Å². The average Bonchev–Trinajstić information content (AvgIpc) is 3.60. The number of halogens is 4. The third-order valence-corrected chi connectivity index (χ3v) is 11.3. The van der Waals surface area contributed by atoms with Crippen molar-refractivity contribution in [3.8, 4) is 5.69 Å². The van der Waals surface area contributed by atoms with Crippen molar-refractivity contribution in [2.45, 2.75) is 55.8 Å². The van der Waals surface area contributed by atoms with Gasteiger partial charge in [-0.25, -0.2) is 17.6 Å². The van der Waals surface area contributed by atoms with Gasteiger partial charge >= 0.3 is 6.18 Å². The number of pyridine rings is 1. The van der Waals surface area contributed by atoms with Crippen LogP contribution in [0.15, 0.2) is 65.6 Å². The lowest BCUT2D eigenvalue weighted by Crippen LogP contribution is -2.51. The van der Waals surface area contributed by atoms with Crippen LogP contribution >= 0.6 is 0 Å². The van der Waals surface area contributed by atoms with E-state index < -0.39 is 38.7 Å². The first-order chi connectivity index (χ1) is 21.8. The van der Waals surface area contributed by atoms with Gasteiger partial charge < -0.3 is 0 Å². The zero-order valence-corrected chi connectivity index (χ0v) is 25.8. The van der Waals surface area contributed by atoms with Gasteiger partial charge in [0, 0.05) is 25.8 Å². The van der Waals surface area contributed by atoms with Crippen molar-refractivity contribution in [1.82, 2.24) is 34.1 Å². The van der Waals surface area contributed by atoms with Crippen molar-refractivity contribution >= 4 is 27.4 Å². The number of fused-ring (bicyclic) bond motifs is 2. The zero-order valence-electron chi connectivity index (χ0n) is 25.0. The van der Waals surface area contributed by atoms with Gasteiger partial charge in [-0.15, -0.1) is 5.10 Å². The lowest BCUT2D eigenvalue weighted by Gasteiger charge is -2.47. The van der Waals surface area contributed by atoms with Gasteiger partial charge in [0.25, 0.3) is 0 Å². The highest BCUT2D eigenvalue weighted by molar-refractivity contribution is 7.98. The molecule has 14 heteroatoms. The van der Waals surface area contributed by atoms with Gasteiger partial charge in [0.2, 0.25) is 0 Å². The van der Waals surface area contributed by atoms with E-state index in [1.807, 2.05) is 10.4 Å². The number of rotatable bonds is 8. The van der Waals surface area contributed by atoms with Gasteiger partial charge in [0.1, 0.15) is 11.5 Å². The second-order valence-electron chi connectivity index (χ2n) is 12.4. The molecule has 240 valence electrons. The lowest BCUT2D eigenvalue weighted by atomic mass is 9.60. The van der Waals surface area contributed by atoms with E-state index in [1.165, 1.54) is 16.8 Å². The molecule has 1 aromatic carbocycles. The van der Waals surface area contributed by atoms with Gasteiger partial charge in [-0.1, -0.05) is 10.8 Å². The van der Waals surface area contributed by atoms with Crippen LogP contribution in [0.2, 0.25) is 0 Å². The molecule has 0 bridgehead atoms. The highest BCUT2D eigenvalue weighted by Gasteiger charge is 2.52. The van der Waals surface area contributed by atoms with Crippen molar-refractivity contribution in [2.24, 2.45) is 18.4 Å². The summed E-state index contributed by atoms with van der Waals surface area (Å²) in [6.45, 7) is 0.489. The summed E-state index contributed by atoms with van der Waals surface area (Å²) < 4.78 is 74.3. The van der Waals surface area contributed by atoms with Crippen molar-refractivity contribution < 1.29 is 26.6 Å². The number of carbonyl (C=O) groups excluding carboxylic acids is 1. The largest absolute Gasteiger partial charge is 0.416 e. The van der Waals surface area contributed by atoms with Crippen LogP contribution in [-0.2, 0) is 29.4 Å². The number of aryl methyl sites for hydroxylation is 1. The Morgan fingerprint density at radius 3 is 2.61 bits per heavy atom. The third-order valence-electron chi connectivity index (χ3n) is 9.29. The van der Waals surface area contributed by atoms with E-state index in [0.29, 0.717) is 36.6 Å². The molecule has 2 saturated carbocycles. The van der Waals surface area contributed by atoms with Crippen LogP contribution in [0.4, 0.5) is 17.6 Å². The summed E-state index contributed by atoms with van der Waals surface area (Å²) in [5, 5.41) is 12.9. The molecular weight excluding hydrogens is 622 g/mol. The highest BCUT2D eigenvalue weighted by atomic mass is 32.2. The Balaban J connectivity index is 1.33. The number of hydrogen-bond donors (Lipinski definition) is 0. The molecule has 1 unspecified atom stereocenters. The standard InChI is InChI=1S/C32H31F4N7O2S/c1-41-19-29(39-40-41)46(2,45)42(18-20-3-4-20)26-8-5-22-14-28-21(17-38-43(28)25-9-6-24(33)7-10-25)15-31(22,16-26)30(44)27-13-23(11-12-37-27)32(34,35)36/h6-7,9-14,17,19-20,26H,2-5,8,15-16,18H2,1H3/t26-,31-,46?/m0/s1. The van der Waals surface area contributed by atoms with Gasteiger partial charge in [-0.3, -0.25) is 14.5 Å². The summed E-state index contributed by atoms with van der Waals surface area (Å²) in [7, 11) is -1.44. The lowest BCUT2D eigenvalue weighted by molar-refractivity contribution is -0.137. The summed E-state index contributed by atoms with van der Waals surface area (Å²) in [5.41, 5.74) is 0.286. The van der Waals surface area contributed by atoms with Crippen molar-refractivity contribution in [3.05, 3.63) is 88.9 Å². The third kappa shape index (κ3) is 5.36. The maximum atomic E-state index is 14.6. The molecule has 0 radical (unpaired) electrons. The topological polar surface area (TPSA) is 98.8 Å². The first kappa shape index (κ1) is 30.5. The van der Waals surface area contributed by atoms with Crippen LogP contribution in [-0.4, -0.2) is 62.5 Å². The van der Waals surface area contributed by atoms with Gasteiger partial charge in [-0.2, -0.15) is 18.3 Å². The number of Topliss-reactive ketones (excluding diaryl/α,β-unsaturated/α-hetero) is 1. The smallest absolute Gasteiger partial charge is 0.291 e. The van der Waals surface area contributed by atoms with E-state index in [2.05, 4.69) is 26.3 Å². The van der Waals surface area contributed by atoms with Crippen LogP contribution in [0.5, 0.6) is 0 Å². The molecule has 7 rings (SSSR count). The fourth-order valence-electron chi connectivity index (χ4n) is 6.75. The minimum absolute atomic E-state index is 0.156. The summed E-state index contributed by atoms with van der Waals surface area (Å²) >= 11 is 0. The molecule has 3 heterocycles. The molecule has 46 heavy (non-hydrogen) atoms. The summed E-state index contributed by atoms with van der Waals surface area (Å²) in [5.74, 6) is 3.52.